The van der Waals surface area contributed by atoms with Gasteiger partial charge in [-0.15, -0.1) is 0 Å². The second-order valence-corrected chi connectivity index (χ2v) is 4.57. The highest BCUT2D eigenvalue weighted by Crippen LogP contribution is 2.28. The Hall–Kier alpha value is -0.610. The second-order valence-electron chi connectivity index (χ2n) is 4.57. The fourth-order valence-corrected chi connectivity index (χ4v) is 1.11. The Balaban J connectivity index is 1.96. The zero-order valence-electron chi connectivity index (χ0n) is 9.53. The molecule has 4 heteroatoms. The number of carbonyl (C=O) groups is 1. The van der Waals surface area contributed by atoms with E-state index in [0.717, 1.165) is 0 Å². The number of carbonyl (C=O) groups excluding carboxylic acids is 1. The molecule has 88 valence electrons. The molecule has 0 aromatic rings. The van der Waals surface area contributed by atoms with Crippen LogP contribution in [0.3, 0.4) is 0 Å². The van der Waals surface area contributed by atoms with E-state index >= 15 is 0 Å². The number of aliphatic hydroxyl groups is 1. The van der Waals surface area contributed by atoms with Crippen molar-refractivity contribution in [2.24, 2.45) is 11.8 Å². The van der Waals surface area contributed by atoms with Gasteiger partial charge in [-0.25, -0.2) is 0 Å². The molecule has 4 nitrogen and oxygen atoms in total. The summed E-state index contributed by atoms with van der Waals surface area (Å²) in [6.07, 6.45) is 1.99. The fraction of sp³-hybridized carbons (Fsp3) is 0.909. The Kier molecular flexibility index (Phi) is 5.05. The first-order valence-corrected chi connectivity index (χ1v) is 5.62. The molecule has 0 bridgehead atoms. The Bertz CT molecular complexity index is 202. The summed E-state index contributed by atoms with van der Waals surface area (Å²) in [7, 11) is 0. The van der Waals surface area contributed by atoms with Gasteiger partial charge < -0.3 is 15.2 Å². The summed E-state index contributed by atoms with van der Waals surface area (Å²) in [5, 5.41) is 12.1. The zero-order valence-corrected chi connectivity index (χ0v) is 9.53. The minimum atomic E-state index is -0.475. The maximum Gasteiger partial charge on any atom is 0.246 e. The summed E-state index contributed by atoms with van der Waals surface area (Å²) in [6.45, 7) is 4.95. The van der Waals surface area contributed by atoms with Gasteiger partial charge in [0.2, 0.25) is 5.91 Å². The molecule has 1 fully saturated rings. The Morgan fingerprint density at radius 3 is 2.73 bits per heavy atom. The second kappa shape index (κ2) is 6.08. The van der Waals surface area contributed by atoms with Gasteiger partial charge in [-0.2, -0.15) is 0 Å². The molecule has 0 spiro atoms. The third-order valence-electron chi connectivity index (χ3n) is 2.56. The largest absolute Gasteiger partial charge is 0.391 e. The Morgan fingerprint density at radius 1 is 1.53 bits per heavy atom. The molecule has 1 unspecified atom stereocenters. The van der Waals surface area contributed by atoms with Crippen molar-refractivity contribution in [2.45, 2.75) is 32.8 Å². The highest BCUT2D eigenvalue weighted by Gasteiger charge is 2.21. The van der Waals surface area contributed by atoms with E-state index in [1.807, 2.05) is 13.8 Å². The Morgan fingerprint density at radius 2 is 2.20 bits per heavy atom. The molecular weight excluding hydrogens is 194 g/mol. The molecule has 1 aliphatic carbocycles. The molecule has 1 aliphatic rings. The first-order chi connectivity index (χ1) is 7.09. The molecule has 0 aliphatic heterocycles. The van der Waals surface area contributed by atoms with Gasteiger partial charge in [0.05, 0.1) is 12.7 Å². The van der Waals surface area contributed by atoms with Crippen molar-refractivity contribution in [1.82, 2.24) is 5.32 Å². The van der Waals surface area contributed by atoms with Crippen molar-refractivity contribution in [2.75, 3.05) is 19.8 Å². The van der Waals surface area contributed by atoms with Crippen molar-refractivity contribution in [3.63, 3.8) is 0 Å². The van der Waals surface area contributed by atoms with Crippen LogP contribution in [0.1, 0.15) is 26.7 Å². The fourth-order valence-electron chi connectivity index (χ4n) is 1.11. The van der Waals surface area contributed by atoms with Crippen LogP contribution in [0.25, 0.3) is 0 Å². The van der Waals surface area contributed by atoms with Crippen molar-refractivity contribution in [3.05, 3.63) is 0 Å². The average molecular weight is 215 g/mol. The summed E-state index contributed by atoms with van der Waals surface area (Å²) < 4.78 is 5.22. The quantitative estimate of drug-likeness (QED) is 0.652. The number of rotatable bonds is 7. The number of nitrogens with one attached hydrogen (secondary N) is 1. The first kappa shape index (κ1) is 12.5. The summed E-state index contributed by atoms with van der Waals surface area (Å²) in [6, 6.07) is 0. The van der Waals surface area contributed by atoms with Crippen LogP contribution in [-0.4, -0.2) is 36.9 Å². The van der Waals surface area contributed by atoms with E-state index in [0.29, 0.717) is 19.1 Å². The van der Waals surface area contributed by atoms with E-state index in [9.17, 15) is 9.90 Å². The SMILES string of the molecule is CC(C)C(O)CNC(=O)COCC1CC1. The predicted octanol–water partition coefficient (Wildman–Crippen LogP) is 0.546. The molecule has 1 saturated carbocycles. The maximum atomic E-state index is 11.2. The predicted molar refractivity (Wildman–Crippen MR) is 57.4 cm³/mol. The van der Waals surface area contributed by atoms with Gasteiger partial charge in [-0.1, -0.05) is 13.8 Å². The van der Waals surface area contributed by atoms with Crippen LogP contribution in [0.2, 0.25) is 0 Å². The van der Waals surface area contributed by atoms with Gasteiger partial charge in [-0.3, -0.25) is 4.79 Å². The summed E-state index contributed by atoms with van der Waals surface area (Å²) in [5.41, 5.74) is 0. The minimum Gasteiger partial charge on any atom is -0.391 e. The average Bonchev–Trinajstić information content (AvgIpc) is 2.97. The lowest BCUT2D eigenvalue weighted by molar-refractivity contribution is -0.126. The van der Waals surface area contributed by atoms with E-state index in [4.69, 9.17) is 4.74 Å². The molecule has 0 saturated heterocycles. The monoisotopic (exact) mass is 215 g/mol. The lowest BCUT2D eigenvalue weighted by Crippen LogP contribution is -2.36. The van der Waals surface area contributed by atoms with Crippen LogP contribution in [0.15, 0.2) is 0 Å². The summed E-state index contributed by atoms with van der Waals surface area (Å²) in [4.78, 5) is 11.2. The zero-order chi connectivity index (χ0) is 11.3. The molecule has 1 atom stereocenters. The molecular formula is C11H21NO3. The van der Waals surface area contributed by atoms with Gasteiger partial charge >= 0.3 is 0 Å². The number of aliphatic hydroxyl groups excluding tert-OH is 1. The summed E-state index contributed by atoms with van der Waals surface area (Å²) >= 11 is 0. The molecule has 0 aromatic carbocycles. The van der Waals surface area contributed by atoms with Crippen LogP contribution >= 0.6 is 0 Å². The molecule has 0 radical (unpaired) electrons. The smallest absolute Gasteiger partial charge is 0.246 e. The maximum absolute atomic E-state index is 11.2. The number of amides is 1. The third kappa shape index (κ3) is 5.74. The van der Waals surface area contributed by atoms with Crippen LogP contribution < -0.4 is 5.32 Å². The van der Waals surface area contributed by atoms with Crippen molar-refractivity contribution in [1.29, 1.82) is 0 Å². The van der Waals surface area contributed by atoms with Gasteiger partial charge in [0.25, 0.3) is 0 Å². The van der Waals surface area contributed by atoms with Gasteiger partial charge in [0, 0.05) is 6.54 Å². The van der Waals surface area contributed by atoms with Crippen LogP contribution in [0.4, 0.5) is 0 Å². The molecule has 0 aromatic heterocycles. The van der Waals surface area contributed by atoms with Crippen molar-refractivity contribution >= 4 is 5.91 Å². The lowest BCUT2D eigenvalue weighted by Gasteiger charge is -2.14. The number of hydrogen-bond donors (Lipinski definition) is 2. The summed E-state index contributed by atoms with van der Waals surface area (Å²) in [5.74, 6) is 0.701. The topological polar surface area (TPSA) is 58.6 Å². The van der Waals surface area contributed by atoms with E-state index in [1.165, 1.54) is 12.8 Å². The number of hydrogen-bond acceptors (Lipinski definition) is 3. The highest BCUT2D eigenvalue weighted by molar-refractivity contribution is 5.77. The molecule has 1 rings (SSSR count). The number of ether oxygens (including phenoxy) is 1. The molecule has 0 heterocycles. The van der Waals surface area contributed by atoms with Crippen molar-refractivity contribution in [3.8, 4) is 0 Å². The first-order valence-electron chi connectivity index (χ1n) is 5.62. The van der Waals surface area contributed by atoms with Crippen LogP contribution in [0, 0.1) is 11.8 Å². The minimum absolute atomic E-state index is 0.112. The highest BCUT2D eigenvalue weighted by atomic mass is 16.5. The molecule has 15 heavy (non-hydrogen) atoms. The molecule has 2 N–H and O–H groups in total. The lowest BCUT2D eigenvalue weighted by atomic mass is 10.1. The standard InChI is InChI=1S/C11H21NO3/c1-8(2)10(13)5-12-11(14)7-15-6-9-3-4-9/h8-10,13H,3-7H2,1-2H3,(H,12,14). The van der Waals surface area contributed by atoms with E-state index in [1.54, 1.807) is 0 Å². The van der Waals surface area contributed by atoms with Gasteiger partial charge in [0.1, 0.15) is 6.61 Å². The molecule has 1 amide bonds. The Labute approximate surface area is 91.0 Å². The van der Waals surface area contributed by atoms with E-state index in [-0.39, 0.29) is 18.4 Å². The van der Waals surface area contributed by atoms with E-state index < -0.39 is 6.10 Å². The van der Waals surface area contributed by atoms with Crippen LogP contribution in [0.5, 0.6) is 0 Å². The van der Waals surface area contributed by atoms with Crippen LogP contribution in [-0.2, 0) is 9.53 Å². The van der Waals surface area contributed by atoms with Crippen molar-refractivity contribution < 1.29 is 14.6 Å². The normalized spacial score (nSPS) is 17.9. The van der Waals surface area contributed by atoms with Gasteiger partial charge in [0.15, 0.2) is 0 Å². The van der Waals surface area contributed by atoms with E-state index in [2.05, 4.69) is 5.32 Å². The third-order valence-corrected chi connectivity index (χ3v) is 2.56. The van der Waals surface area contributed by atoms with Gasteiger partial charge in [-0.05, 0) is 24.7 Å².